The van der Waals surface area contributed by atoms with Crippen LogP contribution in [0.5, 0.6) is 0 Å². The maximum Gasteiger partial charge on any atom is 0.496 e. The Bertz CT molecular complexity index is 644. The van der Waals surface area contributed by atoms with E-state index in [1.54, 1.807) is 18.2 Å². The second-order valence-electron chi connectivity index (χ2n) is 6.20. The van der Waals surface area contributed by atoms with Crippen molar-refractivity contribution >= 4 is 39.9 Å². The first-order chi connectivity index (χ1) is 9.41. The van der Waals surface area contributed by atoms with Crippen molar-refractivity contribution in [2.24, 2.45) is 0 Å². The summed E-state index contributed by atoms with van der Waals surface area (Å²) < 4.78 is 36.7. The molecule has 1 aliphatic heterocycles. The van der Waals surface area contributed by atoms with E-state index in [2.05, 4.69) is 4.72 Å². The molecule has 0 spiro atoms. The van der Waals surface area contributed by atoms with Gasteiger partial charge in [0.05, 0.1) is 17.5 Å². The van der Waals surface area contributed by atoms with Crippen LogP contribution in [-0.2, 0) is 19.3 Å². The van der Waals surface area contributed by atoms with E-state index in [1.807, 2.05) is 27.7 Å². The second-order valence-corrected chi connectivity index (χ2v) is 8.35. The monoisotopic (exact) mass is 331 g/mol. The summed E-state index contributed by atoms with van der Waals surface area (Å²) in [5.74, 6) is 0. The second kappa shape index (κ2) is 5.16. The molecule has 116 valence electrons. The van der Waals surface area contributed by atoms with Crippen molar-refractivity contribution in [3.05, 3.63) is 23.2 Å². The van der Waals surface area contributed by atoms with Crippen molar-refractivity contribution in [2.45, 2.75) is 38.9 Å². The van der Waals surface area contributed by atoms with Gasteiger partial charge in [-0.25, -0.2) is 8.42 Å². The van der Waals surface area contributed by atoms with Gasteiger partial charge in [-0.15, -0.1) is 0 Å². The van der Waals surface area contributed by atoms with Crippen molar-refractivity contribution in [3.8, 4) is 0 Å². The predicted molar refractivity (Wildman–Crippen MR) is 85.6 cm³/mol. The van der Waals surface area contributed by atoms with Crippen molar-refractivity contribution in [1.82, 2.24) is 0 Å². The fourth-order valence-corrected chi connectivity index (χ4v) is 2.79. The molecule has 0 unspecified atom stereocenters. The summed E-state index contributed by atoms with van der Waals surface area (Å²) in [6.07, 6.45) is 1.09. The molecular weight excluding hydrogens is 312 g/mol. The molecule has 5 nitrogen and oxygen atoms in total. The summed E-state index contributed by atoms with van der Waals surface area (Å²) in [6, 6.07) is 4.88. The van der Waals surface area contributed by atoms with Crippen LogP contribution in [0.25, 0.3) is 0 Å². The number of sulfonamides is 1. The van der Waals surface area contributed by atoms with Crippen LogP contribution < -0.4 is 10.2 Å². The van der Waals surface area contributed by atoms with E-state index >= 15 is 0 Å². The lowest BCUT2D eigenvalue weighted by molar-refractivity contribution is 0.00578. The molecule has 0 radical (unpaired) electrons. The molecule has 0 amide bonds. The lowest BCUT2D eigenvalue weighted by Crippen LogP contribution is -2.41. The third-order valence-corrected chi connectivity index (χ3v) is 4.74. The van der Waals surface area contributed by atoms with Gasteiger partial charge in [-0.2, -0.15) is 0 Å². The van der Waals surface area contributed by atoms with Gasteiger partial charge in [-0.05, 0) is 39.8 Å². The molecule has 8 heteroatoms. The Morgan fingerprint density at radius 2 is 1.67 bits per heavy atom. The highest BCUT2D eigenvalue weighted by molar-refractivity contribution is 7.92. The third kappa shape index (κ3) is 3.53. The number of nitrogens with one attached hydrogen (secondary N) is 1. The summed E-state index contributed by atoms with van der Waals surface area (Å²) in [5, 5.41) is 0.391. The van der Waals surface area contributed by atoms with Crippen LogP contribution >= 0.6 is 11.6 Å². The molecular formula is C13H19BClNO4S. The van der Waals surface area contributed by atoms with E-state index in [1.165, 1.54) is 0 Å². The maximum atomic E-state index is 11.2. The van der Waals surface area contributed by atoms with E-state index in [0.29, 0.717) is 16.2 Å². The van der Waals surface area contributed by atoms with Gasteiger partial charge in [0, 0.05) is 16.2 Å². The van der Waals surface area contributed by atoms with Gasteiger partial charge in [0.25, 0.3) is 0 Å². The highest BCUT2D eigenvalue weighted by Crippen LogP contribution is 2.37. The molecule has 0 aromatic heterocycles. The first-order valence-corrected chi connectivity index (χ1v) is 8.81. The van der Waals surface area contributed by atoms with Gasteiger partial charge >= 0.3 is 7.12 Å². The Labute approximate surface area is 131 Å². The third-order valence-electron chi connectivity index (χ3n) is 3.81. The Balaban J connectivity index is 2.27. The first kappa shape index (κ1) is 16.6. The quantitative estimate of drug-likeness (QED) is 0.861. The molecule has 0 saturated carbocycles. The minimum absolute atomic E-state index is 0.391. The van der Waals surface area contributed by atoms with E-state index < -0.39 is 28.3 Å². The largest absolute Gasteiger partial charge is 0.496 e. The van der Waals surface area contributed by atoms with Crippen LogP contribution in [0.4, 0.5) is 5.69 Å². The molecule has 0 bridgehead atoms. The van der Waals surface area contributed by atoms with Crippen LogP contribution in [0.3, 0.4) is 0 Å². The van der Waals surface area contributed by atoms with Crippen LogP contribution in [-0.4, -0.2) is 33.0 Å². The Kier molecular flexibility index (Phi) is 4.08. The van der Waals surface area contributed by atoms with Gasteiger partial charge in [-0.3, -0.25) is 4.72 Å². The Morgan fingerprint density at radius 1 is 1.14 bits per heavy atom. The molecule has 1 aromatic rings. The molecule has 21 heavy (non-hydrogen) atoms. The minimum Gasteiger partial charge on any atom is -0.399 e. The lowest BCUT2D eigenvalue weighted by atomic mass is 9.79. The van der Waals surface area contributed by atoms with Crippen LogP contribution in [0.1, 0.15) is 27.7 Å². The van der Waals surface area contributed by atoms with E-state index in [9.17, 15) is 8.42 Å². The topological polar surface area (TPSA) is 64.6 Å². The van der Waals surface area contributed by atoms with Crippen LogP contribution in [0, 0.1) is 0 Å². The van der Waals surface area contributed by atoms with Crippen LogP contribution in [0.15, 0.2) is 18.2 Å². The lowest BCUT2D eigenvalue weighted by Gasteiger charge is -2.32. The number of halogens is 1. The summed E-state index contributed by atoms with van der Waals surface area (Å²) in [6.45, 7) is 7.84. The van der Waals surface area contributed by atoms with E-state index in [0.717, 1.165) is 6.26 Å². The molecule has 2 rings (SSSR count). The van der Waals surface area contributed by atoms with Gasteiger partial charge in [0.1, 0.15) is 0 Å². The molecule has 0 atom stereocenters. The number of anilines is 1. The highest BCUT2D eigenvalue weighted by Gasteiger charge is 2.52. The smallest absolute Gasteiger partial charge is 0.399 e. The van der Waals surface area contributed by atoms with Gasteiger partial charge in [0.2, 0.25) is 10.0 Å². The number of hydrogen-bond acceptors (Lipinski definition) is 4. The zero-order valence-electron chi connectivity index (χ0n) is 12.7. The van der Waals surface area contributed by atoms with Gasteiger partial charge in [0.15, 0.2) is 0 Å². The summed E-state index contributed by atoms with van der Waals surface area (Å²) in [5.41, 5.74) is 0.173. The molecule has 1 aliphatic rings. The maximum absolute atomic E-state index is 11.2. The average Bonchev–Trinajstić information content (AvgIpc) is 2.45. The van der Waals surface area contributed by atoms with Crippen molar-refractivity contribution in [2.75, 3.05) is 11.0 Å². The Hall–Kier alpha value is -0.755. The number of rotatable bonds is 3. The van der Waals surface area contributed by atoms with E-state index in [4.69, 9.17) is 20.9 Å². The van der Waals surface area contributed by atoms with Crippen molar-refractivity contribution in [3.63, 3.8) is 0 Å². The van der Waals surface area contributed by atoms with Crippen LogP contribution in [0.2, 0.25) is 5.02 Å². The summed E-state index contributed by atoms with van der Waals surface area (Å²) in [7, 11) is -3.91. The zero-order chi connectivity index (χ0) is 16.1. The fourth-order valence-electron chi connectivity index (χ4n) is 1.97. The van der Waals surface area contributed by atoms with Crippen molar-refractivity contribution < 1.29 is 17.7 Å². The van der Waals surface area contributed by atoms with Crippen molar-refractivity contribution in [1.29, 1.82) is 0 Å². The van der Waals surface area contributed by atoms with Gasteiger partial charge in [-0.1, -0.05) is 17.7 Å². The molecule has 1 fully saturated rings. The molecule has 1 N–H and O–H groups in total. The highest BCUT2D eigenvalue weighted by atomic mass is 35.5. The number of benzene rings is 1. The molecule has 1 heterocycles. The fraction of sp³-hybridized carbons (Fsp3) is 0.538. The zero-order valence-corrected chi connectivity index (χ0v) is 14.3. The normalized spacial score (nSPS) is 20.6. The Morgan fingerprint density at radius 3 is 2.10 bits per heavy atom. The standard InChI is InChI=1S/C13H19BClNO4S/c1-12(2)13(3,4)20-14(19-12)10-7-6-9(8-11(10)15)16-21(5,17)18/h6-8,16H,1-5H3. The molecule has 1 saturated heterocycles. The molecule has 0 aliphatic carbocycles. The van der Waals surface area contributed by atoms with Gasteiger partial charge < -0.3 is 9.31 Å². The SMILES string of the molecule is CC1(C)OB(c2ccc(NS(C)(=O)=O)cc2Cl)OC1(C)C. The number of hydrogen-bond donors (Lipinski definition) is 1. The molecule has 1 aromatic carbocycles. The predicted octanol–water partition coefficient (Wildman–Crippen LogP) is 2.01. The minimum atomic E-state index is -3.33. The summed E-state index contributed by atoms with van der Waals surface area (Å²) in [4.78, 5) is 0. The first-order valence-electron chi connectivity index (χ1n) is 6.54. The average molecular weight is 332 g/mol. The summed E-state index contributed by atoms with van der Waals surface area (Å²) >= 11 is 6.23. The van der Waals surface area contributed by atoms with E-state index in [-0.39, 0.29) is 0 Å².